The third-order valence-corrected chi connectivity index (χ3v) is 2.86. The molecule has 0 unspecified atom stereocenters. The van der Waals surface area contributed by atoms with E-state index >= 15 is 0 Å². The highest BCUT2D eigenvalue weighted by Crippen LogP contribution is 2.23. The minimum atomic E-state index is -0.0731. The Bertz CT molecular complexity index is 421. The monoisotopic (exact) mass is 265 g/mol. The van der Waals surface area contributed by atoms with Crippen molar-refractivity contribution in [2.45, 2.75) is 13.3 Å². The standard InChI is InChI=1S/C14H23N3O2/c1-4-16-14(18)12-7-6-11(15)10-13(12)17(2)8-5-9-19-3/h6-7,10H,4-5,8-9,15H2,1-3H3,(H,16,18). The van der Waals surface area contributed by atoms with Crippen LogP contribution in [0.15, 0.2) is 18.2 Å². The number of carbonyl (C=O) groups excluding carboxylic acids is 1. The number of nitrogens with zero attached hydrogens (tertiary/aromatic N) is 1. The van der Waals surface area contributed by atoms with Gasteiger partial charge in [-0.25, -0.2) is 0 Å². The second kappa shape index (κ2) is 7.63. The topological polar surface area (TPSA) is 67.6 Å². The van der Waals surface area contributed by atoms with Crippen LogP contribution in [-0.2, 0) is 4.74 Å². The molecule has 0 fully saturated rings. The molecule has 0 heterocycles. The van der Waals surface area contributed by atoms with Gasteiger partial charge in [0, 0.05) is 39.5 Å². The number of nitrogens with one attached hydrogen (secondary N) is 1. The summed E-state index contributed by atoms with van der Waals surface area (Å²) >= 11 is 0. The van der Waals surface area contributed by atoms with Crippen LogP contribution < -0.4 is 16.0 Å². The van der Waals surface area contributed by atoms with Gasteiger partial charge < -0.3 is 20.7 Å². The first-order chi connectivity index (χ1) is 9.10. The Balaban J connectivity index is 2.89. The first-order valence-electron chi connectivity index (χ1n) is 6.48. The van der Waals surface area contributed by atoms with E-state index in [1.54, 1.807) is 19.2 Å². The number of carbonyl (C=O) groups is 1. The van der Waals surface area contributed by atoms with Crippen molar-refractivity contribution in [2.75, 3.05) is 44.5 Å². The lowest BCUT2D eigenvalue weighted by molar-refractivity contribution is 0.0956. The summed E-state index contributed by atoms with van der Waals surface area (Å²) in [5, 5.41) is 2.81. The lowest BCUT2D eigenvalue weighted by Gasteiger charge is -2.22. The molecule has 1 amide bonds. The van der Waals surface area contributed by atoms with E-state index in [2.05, 4.69) is 5.32 Å². The number of methoxy groups -OCH3 is 1. The largest absolute Gasteiger partial charge is 0.399 e. The summed E-state index contributed by atoms with van der Waals surface area (Å²) in [5.74, 6) is -0.0731. The van der Waals surface area contributed by atoms with Crippen molar-refractivity contribution < 1.29 is 9.53 Å². The summed E-state index contributed by atoms with van der Waals surface area (Å²) < 4.78 is 5.04. The van der Waals surface area contributed by atoms with Gasteiger partial charge in [-0.1, -0.05) is 0 Å². The zero-order valence-electron chi connectivity index (χ0n) is 11.9. The van der Waals surface area contributed by atoms with Gasteiger partial charge >= 0.3 is 0 Å². The number of nitrogens with two attached hydrogens (primary N) is 1. The van der Waals surface area contributed by atoms with E-state index in [0.29, 0.717) is 24.4 Å². The van der Waals surface area contributed by atoms with Crippen molar-refractivity contribution in [1.29, 1.82) is 0 Å². The Morgan fingerprint density at radius 3 is 2.84 bits per heavy atom. The van der Waals surface area contributed by atoms with Crippen molar-refractivity contribution in [2.24, 2.45) is 0 Å². The molecular weight excluding hydrogens is 242 g/mol. The quantitative estimate of drug-likeness (QED) is 0.579. The first kappa shape index (κ1) is 15.3. The average molecular weight is 265 g/mol. The highest BCUT2D eigenvalue weighted by molar-refractivity contribution is 6.00. The van der Waals surface area contributed by atoms with Gasteiger partial charge in [0.1, 0.15) is 0 Å². The van der Waals surface area contributed by atoms with Gasteiger partial charge in [0.05, 0.1) is 11.3 Å². The van der Waals surface area contributed by atoms with Crippen molar-refractivity contribution >= 4 is 17.3 Å². The fourth-order valence-corrected chi connectivity index (χ4v) is 1.88. The van der Waals surface area contributed by atoms with Crippen LogP contribution in [0.5, 0.6) is 0 Å². The van der Waals surface area contributed by atoms with E-state index in [1.165, 1.54) is 0 Å². The van der Waals surface area contributed by atoms with Gasteiger partial charge in [0.15, 0.2) is 0 Å². The molecule has 0 bridgehead atoms. The van der Waals surface area contributed by atoms with Gasteiger partial charge in [0.2, 0.25) is 0 Å². The van der Waals surface area contributed by atoms with Gasteiger partial charge in [-0.3, -0.25) is 4.79 Å². The minimum Gasteiger partial charge on any atom is -0.399 e. The molecule has 3 N–H and O–H groups in total. The van der Waals surface area contributed by atoms with E-state index in [-0.39, 0.29) is 5.91 Å². The zero-order valence-corrected chi connectivity index (χ0v) is 11.9. The highest BCUT2D eigenvalue weighted by atomic mass is 16.5. The number of ether oxygens (including phenoxy) is 1. The van der Waals surface area contributed by atoms with Crippen LogP contribution in [0.4, 0.5) is 11.4 Å². The van der Waals surface area contributed by atoms with Crippen LogP contribution >= 0.6 is 0 Å². The molecule has 0 saturated carbocycles. The summed E-state index contributed by atoms with van der Waals surface area (Å²) in [5.41, 5.74) is 7.96. The lowest BCUT2D eigenvalue weighted by atomic mass is 10.1. The summed E-state index contributed by atoms with van der Waals surface area (Å²) in [4.78, 5) is 14.0. The van der Waals surface area contributed by atoms with Crippen molar-refractivity contribution in [3.8, 4) is 0 Å². The van der Waals surface area contributed by atoms with Gasteiger partial charge in [0.25, 0.3) is 5.91 Å². The van der Waals surface area contributed by atoms with E-state index < -0.39 is 0 Å². The third-order valence-electron chi connectivity index (χ3n) is 2.86. The number of benzene rings is 1. The van der Waals surface area contributed by atoms with Crippen LogP contribution in [0.2, 0.25) is 0 Å². The zero-order chi connectivity index (χ0) is 14.3. The molecule has 5 heteroatoms. The molecule has 1 rings (SSSR count). The second-order valence-electron chi connectivity index (χ2n) is 4.40. The van der Waals surface area contributed by atoms with Crippen LogP contribution in [0.1, 0.15) is 23.7 Å². The van der Waals surface area contributed by atoms with E-state index in [9.17, 15) is 4.79 Å². The van der Waals surface area contributed by atoms with Gasteiger partial charge in [-0.15, -0.1) is 0 Å². The molecule has 1 aromatic rings. The van der Waals surface area contributed by atoms with Crippen LogP contribution in [0.3, 0.4) is 0 Å². The number of anilines is 2. The SMILES string of the molecule is CCNC(=O)c1ccc(N)cc1N(C)CCCOC. The second-order valence-corrected chi connectivity index (χ2v) is 4.40. The molecule has 0 atom stereocenters. The molecule has 5 nitrogen and oxygen atoms in total. The highest BCUT2D eigenvalue weighted by Gasteiger charge is 2.14. The number of hydrogen-bond donors (Lipinski definition) is 2. The average Bonchev–Trinajstić information content (AvgIpc) is 2.39. The Morgan fingerprint density at radius 1 is 1.47 bits per heavy atom. The van der Waals surface area contributed by atoms with Crippen LogP contribution in [0, 0.1) is 0 Å². The summed E-state index contributed by atoms with van der Waals surface area (Å²) in [6, 6.07) is 5.34. The number of hydrogen-bond acceptors (Lipinski definition) is 4. The van der Waals surface area contributed by atoms with Crippen LogP contribution in [-0.4, -0.2) is 39.8 Å². The fourth-order valence-electron chi connectivity index (χ4n) is 1.88. The molecular formula is C14H23N3O2. The summed E-state index contributed by atoms with van der Waals surface area (Å²) in [7, 11) is 3.63. The summed E-state index contributed by atoms with van der Waals surface area (Å²) in [6.07, 6.45) is 0.899. The molecule has 0 aromatic heterocycles. The number of amides is 1. The lowest BCUT2D eigenvalue weighted by Crippen LogP contribution is -2.27. The smallest absolute Gasteiger partial charge is 0.253 e. The number of rotatable bonds is 7. The third kappa shape index (κ3) is 4.44. The van der Waals surface area contributed by atoms with Crippen molar-refractivity contribution in [3.05, 3.63) is 23.8 Å². The molecule has 0 radical (unpaired) electrons. The van der Waals surface area contributed by atoms with Crippen LogP contribution in [0.25, 0.3) is 0 Å². The minimum absolute atomic E-state index is 0.0731. The molecule has 1 aromatic carbocycles. The Hall–Kier alpha value is -1.75. The molecule has 0 aliphatic carbocycles. The van der Waals surface area contributed by atoms with E-state index in [4.69, 9.17) is 10.5 Å². The molecule has 0 aliphatic rings. The number of nitrogen functional groups attached to an aromatic ring is 1. The molecule has 106 valence electrons. The normalized spacial score (nSPS) is 10.3. The van der Waals surface area contributed by atoms with Gasteiger partial charge in [-0.2, -0.15) is 0 Å². The maximum atomic E-state index is 12.0. The van der Waals surface area contributed by atoms with E-state index in [0.717, 1.165) is 18.7 Å². The molecule has 0 aliphatic heterocycles. The summed E-state index contributed by atoms with van der Waals surface area (Å²) in [6.45, 7) is 4.01. The Kier molecular flexibility index (Phi) is 6.15. The molecule has 0 spiro atoms. The Labute approximate surface area is 114 Å². The molecule has 19 heavy (non-hydrogen) atoms. The Morgan fingerprint density at radius 2 is 2.21 bits per heavy atom. The maximum Gasteiger partial charge on any atom is 0.253 e. The van der Waals surface area contributed by atoms with Gasteiger partial charge in [-0.05, 0) is 31.5 Å². The predicted molar refractivity (Wildman–Crippen MR) is 78.6 cm³/mol. The van der Waals surface area contributed by atoms with Crippen molar-refractivity contribution in [3.63, 3.8) is 0 Å². The van der Waals surface area contributed by atoms with E-state index in [1.807, 2.05) is 24.9 Å². The fraction of sp³-hybridized carbons (Fsp3) is 0.500. The molecule has 0 saturated heterocycles. The van der Waals surface area contributed by atoms with Crippen molar-refractivity contribution in [1.82, 2.24) is 5.32 Å². The predicted octanol–water partition coefficient (Wildman–Crippen LogP) is 1.49. The first-order valence-corrected chi connectivity index (χ1v) is 6.48. The maximum absolute atomic E-state index is 12.0.